The van der Waals surface area contributed by atoms with Crippen molar-refractivity contribution in [2.75, 3.05) is 31.1 Å². The number of aliphatic hydroxyl groups excluding tert-OH is 1. The molecule has 0 saturated carbocycles. The van der Waals surface area contributed by atoms with Crippen LogP contribution in [-0.2, 0) is 11.8 Å². The van der Waals surface area contributed by atoms with E-state index in [2.05, 4.69) is 42.3 Å². The zero-order valence-corrected chi connectivity index (χ0v) is 21.6. The van der Waals surface area contributed by atoms with Crippen molar-refractivity contribution in [3.05, 3.63) is 34.7 Å². The first-order valence-electron chi connectivity index (χ1n) is 13.1. The SMILES string of the molecule is CC1(C)CCCc2cc(-c3csc(N4CCC(CCN)(CCCCCCO)CC4)n3)ccc21. The normalized spacial score (nSPS) is 19.5. The number of nitrogens with two attached hydrogens (primary N) is 1. The number of hydrogen-bond acceptors (Lipinski definition) is 5. The summed E-state index contributed by atoms with van der Waals surface area (Å²) >= 11 is 1.79. The fourth-order valence-corrected chi connectivity index (χ4v) is 6.98. The predicted molar refractivity (Wildman–Crippen MR) is 141 cm³/mol. The highest BCUT2D eigenvalue weighted by atomic mass is 32.1. The Hall–Kier alpha value is -1.43. The molecule has 2 aliphatic rings. The lowest BCUT2D eigenvalue weighted by molar-refractivity contribution is 0.178. The second kappa shape index (κ2) is 10.9. The molecule has 0 amide bonds. The van der Waals surface area contributed by atoms with Gasteiger partial charge in [0.15, 0.2) is 5.13 Å². The minimum absolute atomic E-state index is 0.294. The number of unbranched alkanes of at least 4 members (excludes halogenated alkanes) is 3. The minimum atomic E-state index is 0.294. The zero-order chi connectivity index (χ0) is 23.3. The summed E-state index contributed by atoms with van der Waals surface area (Å²) in [5.41, 5.74) is 12.1. The summed E-state index contributed by atoms with van der Waals surface area (Å²) in [6, 6.07) is 7.03. The van der Waals surface area contributed by atoms with Crippen molar-refractivity contribution in [3.8, 4) is 11.3 Å². The summed E-state index contributed by atoms with van der Waals surface area (Å²) in [6.07, 6.45) is 13.2. The van der Waals surface area contributed by atoms with Crippen molar-refractivity contribution < 1.29 is 5.11 Å². The van der Waals surface area contributed by atoms with Crippen LogP contribution in [0.5, 0.6) is 0 Å². The molecule has 4 rings (SSSR count). The van der Waals surface area contributed by atoms with Crippen LogP contribution in [0.15, 0.2) is 23.6 Å². The number of nitrogens with zero attached hydrogens (tertiary/aromatic N) is 2. The molecule has 1 aromatic carbocycles. The van der Waals surface area contributed by atoms with Gasteiger partial charge in [0.1, 0.15) is 0 Å². The van der Waals surface area contributed by atoms with Crippen molar-refractivity contribution in [2.45, 2.75) is 89.9 Å². The molecule has 0 unspecified atom stereocenters. The molecule has 1 aliphatic carbocycles. The Morgan fingerprint density at radius 1 is 1.06 bits per heavy atom. The minimum Gasteiger partial charge on any atom is -0.396 e. The number of anilines is 1. The Morgan fingerprint density at radius 3 is 2.61 bits per heavy atom. The molecular weight excluding hydrogens is 426 g/mol. The lowest BCUT2D eigenvalue weighted by atomic mass is 9.72. The van der Waals surface area contributed by atoms with Crippen molar-refractivity contribution in [1.29, 1.82) is 0 Å². The number of aromatic nitrogens is 1. The third-order valence-electron chi connectivity index (χ3n) is 8.25. The van der Waals surface area contributed by atoms with Gasteiger partial charge in [-0.1, -0.05) is 45.2 Å². The Morgan fingerprint density at radius 2 is 1.85 bits per heavy atom. The van der Waals surface area contributed by atoms with Gasteiger partial charge >= 0.3 is 0 Å². The number of fused-ring (bicyclic) bond motifs is 1. The standard InChI is InChI=1S/C28H43N3OS/c1-27(2)11-7-8-22-20-23(9-10-24(22)27)25-21-33-26(30-25)31-17-14-28(13-16-29,15-18-31)12-5-3-4-6-19-32/h9-10,20-21,32H,3-8,11-19,29H2,1-2H3. The molecule has 0 atom stereocenters. The van der Waals surface area contributed by atoms with Gasteiger partial charge in [0, 0.05) is 30.6 Å². The number of piperidine rings is 1. The number of aryl methyl sites for hydroxylation is 1. The van der Waals surface area contributed by atoms with E-state index < -0.39 is 0 Å². The van der Waals surface area contributed by atoms with Gasteiger partial charge in [-0.25, -0.2) is 4.98 Å². The van der Waals surface area contributed by atoms with E-state index >= 15 is 0 Å². The molecule has 33 heavy (non-hydrogen) atoms. The van der Waals surface area contributed by atoms with Crippen LogP contribution in [-0.4, -0.2) is 36.3 Å². The quantitative estimate of drug-likeness (QED) is 0.401. The summed E-state index contributed by atoms with van der Waals surface area (Å²) in [7, 11) is 0. The van der Waals surface area contributed by atoms with Crippen LogP contribution in [0.1, 0.15) is 89.2 Å². The molecule has 0 spiro atoms. The van der Waals surface area contributed by atoms with Crippen molar-refractivity contribution in [3.63, 3.8) is 0 Å². The monoisotopic (exact) mass is 469 g/mol. The van der Waals surface area contributed by atoms with Crippen LogP contribution in [0, 0.1) is 5.41 Å². The second-order valence-electron chi connectivity index (χ2n) is 11.0. The van der Waals surface area contributed by atoms with Crippen LogP contribution in [0.3, 0.4) is 0 Å². The average molecular weight is 470 g/mol. The van der Waals surface area contributed by atoms with E-state index in [1.54, 1.807) is 11.3 Å². The molecule has 2 aromatic rings. The van der Waals surface area contributed by atoms with E-state index in [1.807, 2.05) is 0 Å². The van der Waals surface area contributed by atoms with Gasteiger partial charge in [-0.3, -0.25) is 0 Å². The topological polar surface area (TPSA) is 62.4 Å². The molecule has 3 N–H and O–H groups in total. The first kappa shape index (κ1) is 24.7. The van der Waals surface area contributed by atoms with Crippen molar-refractivity contribution in [1.82, 2.24) is 4.98 Å². The van der Waals surface area contributed by atoms with Gasteiger partial charge in [-0.2, -0.15) is 0 Å². The van der Waals surface area contributed by atoms with Crippen LogP contribution in [0.2, 0.25) is 0 Å². The Kier molecular flexibility index (Phi) is 8.14. The summed E-state index contributed by atoms with van der Waals surface area (Å²) in [4.78, 5) is 7.57. The second-order valence-corrected chi connectivity index (χ2v) is 11.9. The van der Waals surface area contributed by atoms with E-state index in [4.69, 9.17) is 15.8 Å². The third kappa shape index (κ3) is 5.80. The number of rotatable bonds is 10. The average Bonchev–Trinajstić information content (AvgIpc) is 3.30. The van der Waals surface area contributed by atoms with E-state index in [-0.39, 0.29) is 0 Å². The summed E-state index contributed by atoms with van der Waals surface area (Å²) in [6.45, 7) is 8.03. The van der Waals surface area contributed by atoms with Crippen LogP contribution >= 0.6 is 11.3 Å². The molecule has 2 heterocycles. The van der Waals surface area contributed by atoms with Gasteiger partial charge in [-0.05, 0) is 85.9 Å². The number of benzene rings is 1. The fraction of sp³-hybridized carbons (Fsp3) is 0.679. The molecular formula is C28H43N3OS. The van der Waals surface area contributed by atoms with Crippen LogP contribution < -0.4 is 10.6 Å². The molecule has 182 valence electrons. The van der Waals surface area contributed by atoms with Gasteiger partial charge in [-0.15, -0.1) is 11.3 Å². The fourth-order valence-electron chi connectivity index (χ4n) is 6.09. The smallest absolute Gasteiger partial charge is 0.185 e. The highest BCUT2D eigenvalue weighted by Gasteiger charge is 2.34. The lowest BCUT2D eigenvalue weighted by Gasteiger charge is -2.42. The molecule has 4 nitrogen and oxygen atoms in total. The van der Waals surface area contributed by atoms with E-state index in [0.29, 0.717) is 17.4 Å². The number of thiazole rings is 1. The van der Waals surface area contributed by atoms with Gasteiger partial charge in [0.25, 0.3) is 0 Å². The van der Waals surface area contributed by atoms with E-state index in [9.17, 15) is 0 Å². The van der Waals surface area contributed by atoms with E-state index in [0.717, 1.165) is 44.6 Å². The maximum atomic E-state index is 9.01. The molecule has 0 bridgehead atoms. The summed E-state index contributed by atoms with van der Waals surface area (Å²) in [5.74, 6) is 0. The van der Waals surface area contributed by atoms with Crippen LogP contribution in [0.4, 0.5) is 5.13 Å². The molecule has 5 heteroatoms. The lowest BCUT2D eigenvalue weighted by Crippen LogP contribution is -2.41. The third-order valence-corrected chi connectivity index (χ3v) is 9.16. The molecule has 1 saturated heterocycles. The molecule has 1 aromatic heterocycles. The van der Waals surface area contributed by atoms with Crippen molar-refractivity contribution in [2.24, 2.45) is 11.1 Å². The Labute approximate surface area is 204 Å². The van der Waals surface area contributed by atoms with E-state index in [1.165, 1.54) is 73.2 Å². The molecule has 1 aliphatic heterocycles. The maximum Gasteiger partial charge on any atom is 0.185 e. The Bertz CT molecular complexity index is 898. The molecule has 1 fully saturated rings. The molecule has 0 radical (unpaired) electrons. The Balaban J connectivity index is 1.38. The first-order valence-corrected chi connectivity index (χ1v) is 14.0. The van der Waals surface area contributed by atoms with Gasteiger partial charge in [0.05, 0.1) is 5.69 Å². The van der Waals surface area contributed by atoms with Crippen molar-refractivity contribution >= 4 is 16.5 Å². The number of aliphatic hydroxyl groups is 1. The largest absolute Gasteiger partial charge is 0.396 e. The summed E-state index contributed by atoms with van der Waals surface area (Å²) in [5, 5.41) is 12.4. The van der Waals surface area contributed by atoms with Gasteiger partial charge in [0.2, 0.25) is 0 Å². The highest BCUT2D eigenvalue weighted by Crippen LogP contribution is 2.42. The zero-order valence-electron chi connectivity index (χ0n) is 20.7. The highest BCUT2D eigenvalue weighted by molar-refractivity contribution is 7.14. The van der Waals surface area contributed by atoms with Crippen LogP contribution in [0.25, 0.3) is 11.3 Å². The summed E-state index contributed by atoms with van der Waals surface area (Å²) < 4.78 is 0. The predicted octanol–water partition coefficient (Wildman–Crippen LogP) is 6.30. The number of hydrogen-bond donors (Lipinski definition) is 2. The first-order chi connectivity index (χ1) is 16.0. The maximum absolute atomic E-state index is 9.01. The van der Waals surface area contributed by atoms with Gasteiger partial charge < -0.3 is 15.7 Å².